The summed E-state index contributed by atoms with van der Waals surface area (Å²) in [5.41, 5.74) is 11.6. The van der Waals surface area contributed by atoms with Crippen LogP contribution >= 0.6 is 0 Å². The highest BCUT2D eigenvalue weighted by Crippen LogP contribution is 2.35. The molecule has 0 amide bonds. The van der Waals surface area contributed by atoms with Gasteiger partial charge in [0.1, 0.15) is 5.82 Å². The Morgan fingerprint density at radius 2 is 1.90 bits per heavy atom. The van der Waals surface area contributed by atoms with Crippen LogP contribution in [0.2, 0.25) is 0 Å². The lowest BCUT2D eigenvalue weighted by atomic mass is 9.97. The highest BCUT2D eigenvalue weighted by molar-refractivity contribution is 6.12. The maximum absolute atomic E-state index is 14.0. The number of rotatable bonds is 6. The van der Waals surface area contributed by atoms with Gasteiger partial charge in [-0.05, 0) is 61.2 Å². The van der Waals surface area contributed by atoms with Crippen LogP contribution in [0.3, 0.4) is 0 Å². The summed E-state index contributed by atoms with van der Waals surface area (Å²) in [5.74, 6) is -2.33. The zero-order valence-electron chi connectivity index (χ0n) is 22.2. The third-order valence-corrected chi connectivity index (χ3v) is 7.88. The molecule has 0 atom stereocenters. The molecule has 0 spiro atoms. The quantitative estimate of drug-likeness (QED) is 0.261. The first-order valence-electron chi connectivity index (χ1n) is 13.5. The number of hydrogen-bond acceptors (Lipinski definition) is 7. The first-order chi connectivity index (χ1) is 19.9. The number of nitrogens with one attached hydrogen (secondary N) is 2. The van der Waals surface area contributed by atoms with E-state index in [-0.39, 0.29) is 23.0 Å². The van der Waals surface area contributed by atoms with Gasteiger partial charge in [-0.1, -0.05) is 6.07 Å². The maximum Gasteiger partial charge on any atom is 0.219 e. The summed E-state index contributed by atoms with van der Waals surface area (Å²) in [4.78, 5) is 23.5. The van der Waals surface area contributed by atoms with Crippen molar-refractivity contribution in [1.82, 2.24) is 25.1 Å². The average molecular weight is 556 g/mol. The van der Waals surface area contributed by atoms with Gasteiger partial charge in [0.2, 0.25) is 17.4 Å². The van der Waals surface area contributed by atoms with Crippen LogP contribution in [-0.2, 0) is 6.42 Å². The van der Waals surface area contributed by atoms with Crippen molar-refractivity contribution in [2.45, 2.75) is 25.8 Å². The Bertz CT molecular complexity index is 1810. The fourth-order valence-corrected chi connectivity index (χ4v) is 5.59. The van der Waals surface area contributed by atoms with E-state index in [0.717, 1.165) is 55.5 Å². The van der Waals surface area contributed by atoms with Gasteiger partial charge in [-0.25, -0.2) is 18.4 Å². The maximum atomic E-state index is 14.0. The largest absolute Gasteiger partial charge is 0.433 e. The Morgan fingerprint density at radius 3 is 2.63 bits per heavy atom. The number of H-pyrrole nitrogens is 1. The number of para-hydroxylation sites is 1. The number of ketones is 1. The Hall–Kier alpha value is -4.77. The Morgan fingerprint density at radius 1 is 1.10 bits per heavy atom. The van der Waals surface area contributed by atoms with E-state index in [1.807, 2.05) is 6.07 Å². The molecule has 5 aromatic rings. The van der Waals surface area contributed by atoms with Crippen molar-refractivity contribution in [3.8, 4) is 17.3 Å². The number of nitrogens with two attached hydrogens (primary N) is 1. The van der Waals surface area contributed by atoms with E-state index < -0.39 is 17.4 Å². The lowest BCUT2D eigenvalue weighted by Gasteiger charge is -2.43. The van der Waals surface area contributed by atoms with E-state index in [0.29, 0.717) is 23.0 Å². The minimum Gasteiger partial charge on any atom is -0.433 e. The average Bonchev–Trinajstić information content (AvgIpc) is 3.52. The highest BCUT2D eigenvalue weighted by atomic mass is 19.1. The van der Waals surface area contributed by atoms with E-state index in [9.17, 15) is 13.6 Å². The van der Waals surface area contributed by atoms with Crippen molar-refractivity contribution in [2.24, 2.45) is 0 Å². The van der Waals surface area contributed by atoms with Gasteiger partial charge in [-0.2, -0.15) is 5.10 Å². The summed E-state index contributed by atoms with van der Waals surface area (Å²) in [6.07, 6.45) is 4.98. The van der Waals surface area contributed by atoms with Gasteiger partial charge in [-0.3, -0.25) is 4.79 Å². The molecule has 2 aromatic carbocycles. The Balaban J connectivity index is 1.16. The number of nitrogen functional groups attached to an aromatic ring is 1. The molecule has 5 heterocycles. The van der Waals surface area contributed by atoms with Crippen LogP contribution in [0, 0.1) is 18.6 Å². The SMILES string of the molecule is Cc1cc(Oc2c(F)cccc2F)ncc1-n1ncc(C(=O)c2cc3cc4c(cc3[nH]2)CCCN4C2CNC2)c1N. The molecule has 208 valence electrons. The van der Waals surface area contributed by atoms with Gasteiger partial charge < -0.3 is 25.7 Å². The van der Waals surface area contributed by atoms with Crippen molar-refractivity contribution >= 4 is 28.2 Å². The number of aryl methyl sites for hydroxylation is 2. The van der Waals surface area contributed by atoms with Crippen molar-refractivity contribution in [3.05, 3.63) is 88.9 Å². The third-order valence-electron chi connectivity index (χ3n) is 7.88. The van der Waals surface area contributed by atoms with Crippen molar-refractivity contribution < 1.29 is 18.3 Å². The molecule has 2 aliphatic heterocycles. The summed E-state index contributed by atoms with van der Waals surface area (Å²) in [7, 11) is 0. The normalized spacial score (nSPS) is 15.1. The van der Waals surface area contributed by atoms with E-state index in [4.69, 9.17) is 10.5 Å². The number of hydrogen-bond donors (Lipinski definition) is 3. The summed E-state index contributed by atoms with van der Waals surface area (Å²) in [5, 5.41) is 8.67. The molecule has 0 unspecified atom stereocenters. The van der Waals surface area contributed by atoms with Gasteiger partial charge >= 0.3 is 0 Å². The number of nitrogens with zero attached hydrogens (tertiary/aromatic N) is 4. The number of halogens is 2. The summed E-state index contributed by atoms with van der Waals surface area (Å²) in [6, 6.07) is 11.7. The predicted molar refractivity (Wildman–Crippen MR) is 151 cm³/mol. The number of carbonyl (C=O) groups is 1. The smallest absolute Gasteiger partial charge is 0.219 e. The number of aromatic nitrogens is 4. The van der Waals surface area contributed by atoms with Gasteiger partial charge in [-0.15, -0.1) is 0 Å². The van der Waals surface area contributed by atoms with Crippen LogP contribution in [0.4, 0.5) is 20.3 Å². The number of aromatic amines is 1. The van der Waals surface area contributed by atoms with Crippen LogP contribution in [-0.4, -0.2) is 51.2 Å². The lowest BCUT2D eigenvalue weighted by Crippen LogP contribution is -2.58. The van der Waals surface area contributed by atoms with Crippen molar-refractivity contribution in [1.29, 1.82) is 0 Å². The molecule has 2 aliphatic rings. The van der Waals surface area contributed by atoms with Crippen LogP contribution < -0.4 is 20.7 Å². The van der Waals surface area contributed by atoms with Gasteiger partial charge in [0.05, 0.1) is 35.4 Å². The monoisotopic (exact) mass is 555 g/mol. The van der Waals surface area contributed by atoms with Gasteiger partial charge in [0, 0.05) is 42.3 Å². The van der Waals surface area contributed by atoms with Gasteiger partial charge in [0.25, 0.3) is 0 Å². The molecular formula is C30H27F2N7O2. The molecule has 1 fully saturated rings. The number of pyridine rings is 1. The first kappa shape index (κ1) is 25.2. The predicted octanol–water partition coefficient (Wildman–Crippen LogP) is 4.67. The summed E-state index contributed by atoms with van der Waals surface area (Å²) < 4.78 is 34.8. The van der Waals surface area contributed by atoms with Crippen LogP contribution in [0.25, 0.3) is 16.6 Å². The number of carbonyl (C=O) groups excluding carboxylic acids is 1. The van der Waals surface area contributed by atoms with Crippen molar-refractivity contribution in [3.63, 3.8) is 0 Å². The molecule has 41 heavy (non-hydrogen) atoms. The van der Waals surface area contributed by atoms with Crippen LogP contribution in [0.1, 0.15) is 33.6 Å². The van der Waals surface area contributed by atoms with Crippen LogP contribution in [0.15, 0.2) is 54.9 Å². The molecule has 0 radical (unpaired) electrons. The van der Waals surface area contributed by atoms with E-state index in [2.05, 4.69) is 37.4 Å². The second-order valence-electron chi connectivity index (χ2n) is 10.5. The lowest BCUT2D eigenvalue weighted by molar-refractivity contribution is 0.103. The van der Waals surface area contributed by atoms with Gasteiger partial charge in [0.15, 0.2) is 11.6 Å². The molecule has 3 aromatic heterocycles. The number of fused-ring (bicyclic) bond motifs is 2. The standard InChI is InChI=1S/C30H27F2N7O2/c1-16-8-27(41-29-21(31)5-2-6-22(29)32)35-15-26(16)39-30(33)20(14-36-39)28(40)24-10-18-11-25-17(9-23(18)37-24)4-3-7-38(25)19-12-34-13-19/h2,5-6,8-11,14-15,19,34,37H,3-4,7,12-13,33H2,1H3. The first-order valence-corrected chi connectivity index (χ1v) is 13.5. The van der Waals surface area contributed by atoms with E-state index >= 15 is 0 Å². The van der Waals surface area contributed by atoms with Crippen LogP contribution in [0.5, 0.6) is 11.6 Å². The number of ether oxygens (including phenoxy) is 1. The zero-order valence-corrected chi connectivity index (χ0v) is 22.2. The molecule has 7 rings (SSSR count). The summed E-state index contributed by atoms with van der Waals surface area (Å²) >= 11 is 0. The highest BCUT2D eigenvalue weighted by Gasteiger charge is 2.29. The second kappa shape index (κ2) is 9.70. The molecule has 0 saturated carbocycles. The molecule has 9 nitrogen and oxygen atoms in total. The minimum absolute atomic E-state index is 0.00480. The molecule has 0 bridgehead atoms. The fourth-order valence-electron chi connectivity index (χ4n) is 5.59. The molecule has 4 N–H and O–H groups in total. The molecular weight excluding hydrogens is 528 g/mol. The Labute approximate surface area is 233 Å². The topological polar surface area (TPSA) is 114 Å². The van der Waals surface area contributed by atoms with E-state index in [1.54, 1.807) is 6.92 Å². The Kier molecular flexibility index (Phi) is 5.97. The summed E-state index contributed by atoms with van der Waals surface area (Å²) in [6.45, 7) is 4.78. The molecule has 11 heteroatoms. The second-order valence-corrected chi connectivity index (χ2v) is 10.5. The van der Waals surface area contributed by atoms with E-state index in [1.165, 1.54) is 40.5 Å². The minimum atomic E-state index is -0.835. The molecule has 1 saturated heterocycles. The fraction of sp³-hybridized carbons (Fsp3) is 0.233. The third kappa shape index (κ3) is 4.29. The number of benzene rings is 2. The zero-order chi connectivity index (χ0) is 28.2. The molecule has 0 aliphatic carbocycles. The van der Waals surface area contributed by atoms with Crippen molar-refractivity contribution in [2.75, 3.05) is 30.3 Å². The number of anilines is 2.